The zero-order valence-electron chi connectivity index (χ0n) is 10.8. The van der Waals surface area contributed by atoms with Gasteiger partial charge in [0.2, 0.25) is 5.91 Å². The van der Waals surface area contributed by atoms with Crippen LogP contribution in [0.3, 0.4) is 0 Å². The molecule has 1 amide bonds. The van der Waals surface area contributed by atoms with Crippen LogP contribution in [-0.4, -0.2) is 18.0 Å². The Bertz CT molecular complexity index is 190. The van der Waals surface area contributed by atoms with E-state index in [0.29, 0.717) is 12.5 Å². The van der Waals surface area contributed by atoms with Crippen molar-refractivity contribution >= 4 is 5.91 Å². The number of hydrogen-bond donors (Lipinski definition) is 2. The van der Waals surface area contributed by atoms with E-state index in [1.165, 1.54) is 0 Å². The quantitative estimate of drug-likeness (QED) is 0.709. The Morgan fingerprint density at radius 3 is 2.00 bits per heavy atom. The van der Waals surface area contributed by atoms with Gasteiger partial charge in [-0.05, 0) is 18.8 Å². The summed E-state index contributed by atoms with van der Waals surface area (Å²) in [5.74, 6) is 0.544. The number of carbonyl (C=O) groups excluding carboxylic acids is 1. The molecule has 3 nitrogen and oxygen atoms in total. The average molecular weight is 214 g/mol. The summed E-state index contributed by atoms with van der Waals surface area (Å²) in [6.45, 7) is 10.7. The molecule has 0 aromatic rings. The van der Waals surface area contributed by atoms with Crippen molar-refractivity contribution in [2.75, 3.05) is 6.54 Å². The van der Waals surface area contributed by atoms with Gasteiger partial charge in [0.05, 0.1) is 5.54 Å². The molecule has 1 unspecified atom stereocenters. The lowest BCUT2D eigenvalue weighted by Gasteiger charge is -2.33. The Balaban J connectivity index is 4.48. The Morgan fingerprint density at radius 2 is 1.73 bits per heavy atom. The molecule has 3 heteroatoms. The van der Waals surface area contributed by atoms with Gasteiger partial charge in [-0.2, -0.15) is 0 Å². The van der Waals surface area contributed by atoms with Gasteiger partial charge in [-0.25, -0.2) is 0 Å². The van der Waals surface area contributed by atoms with Crippen molar-refractivity contribution in [2.45, 2.75) is 53.0 Å². The fraction of sp³-hybridized carbons (Fsp3) is 0.917. The van der Waals surface area contributed by atoms with Crippen molar-refractivity contribution in [1.29, 1.82) is 0 Å². The standard InChI is InChI=1S/C12H26N2O/c1-6-12(7-2,8-13)14-11(15)10(5)9(3)4/h9-10H,6-8,13H2,1-5H3,(H,14,15). The van der Waals surface area contributed by atoms with E-state index in [1.807, 2.05) is 6.92 Å². The molecule has 0 saturated heterocycles. The Morgan fingerprint density at radius 1 is 1.27 bits per heavy atom. The molecule has 0 bridgehead atoms. The minimum atomic E-state index is -0.208. The smallest absolute Gasteiger partial charge is 0.223 e. The monoisotopic (exact) mass is 214 g/mol. The zero-order valence-corrected chi connectivity index (χ0v) is 10.8. The van der Waals surface area contributed by atoms with Crippen molar-refractivity contribution < 1.29 is 4.79 Å². The average Bonchev–Trinajstić information content (AvgIpc) is 2.24. The highest BCUT2D eigenvalue weighted by atomic mass is 16.2. The Labute approximate surface area is 93.8 Å². The number of amides is 1. The summed E-state index contributed by atoms with van der Waals surface area (Å²) < 4.78 is 0. The predicted octanol–water partition coefficient (Wildman–Crippen LogP) is 1.91. The van der Waals surface area contributed by atoms with E-state index in [2.05, 4.69) is 33.0 Å². The Kier molecular flexibility index (Phi) is 5.88. The highest BCUT2D eigenvalue weighted by molar-refractivity contribution is 5.79. The van der Waals surface area contributed by atoms with E-state index < -0.39 is 0 Å². The summed E-state index contributed by atoms with van der Waals surface area (Å²) in [4.78, 5) is 11.9. The molecule has 90 valence electrons. The van der Waals surface area contributed by atoms with E-state index in [-0.39, 0.29) is 17.4 Å². The molecule has 0 radical (unpaired) electrons. The van der Waals surface area contributed by atoms with Gasteiger partial charge in [0.1, 0.15) is 0 Å². The maximum Gasteiger partial charge on any atom is 0.223 e. The zero-order chi connectivity index (χ0) is 12.1. The lowest BCUT2D eigenvalue weighted by molar-refractivity contribution is -0.127. The van der Waals surface area contributed by atoms with E-state index >= 15 is 0 Å². The van der Waals surface area contributed by atoms with Crippen LogP contribution in [0.1, 0.15) is 47.5 Å². The number of nitrogens with two attached hydrogens (primary N) is 1. The Hall–Kier alpha value is -0.570. The summed E-state index contributed by atoms with van der Waals surface area (Å²) in [5.41, 5.74) is 5.53. The van der Waals surface area contributed by atoms with Gasteiger partial charge in [-0.15, -0.1) is 0 Å². The first-order chi connectivity index (χ1) is 6.92. The molecule has 0 rings (SSSR count). The summed E-state index contributed by atoms with van der Waals surface area (Å²) in [6.07, 6.45) is 1.77. The molecular formula is C12H26N2O. The van der Waals surface area contributed by atoms with Crippen LogP contribution >= 0.6 is 0 Å². The molecule has 1 atom stereocenters. The van der Waals surface area contributed by atoms with Gasteiger partial charge in [0.15, 0.2) is 0 Å². The van der Waals surface area contributed by atoms with Gasteiger partial charge in [0.25, 0.3) is 0 Å². The maximum atomic E-state index is 11.9. The van der Waals surface area contributed by atoms with Gasteiger partial charge < -0.3 is 11.1 Å². The van der Waals surface area contributed by atoms with E-state index in [4.69, 9.17) is 5.73 Å². The molecule has 0 fully saturated rings. The van der Waals surface area contributed by atoms with Gasteiger partial charge in [-0.1, -0.05) is 34.6 Å². The first kappa shape index (κ1) is 14.4. The summed E-state index contributed by atoms with van der Waals surface area (Å²) in [5, 5.41) is 3.10. The highest BCUT2D eigenvalue weighted by Crippen LogP contribution is 2.16. The topological polar surface area (TPSA) is 55.1 Å². The summed E-state index contributed by atoms with van der Waals surface area (Å²) in [6, 6.07) is 0. The second kappa shape index (κ2) is 6.11. The molecule has 0 aromatic carbocycles. The third-order valence-corrected chi connectivity index (χ3v) is 3.55. The molecule has 15 heavy (non-hydrogen) atoms. The van der Waals surface area contributed by atoms with Gasteiger partial charge >= 0.3 is 0 Å². The first-order valence-corrected chi connectivity index (χ1v) is 5.94. The molecule has 0 saturated carbocycles. The number of carbonyl (C=O) groups is 1. The van der Waals surface area contributed by atoms with Crippen molar-refractivity contribution in [1.82, 2.24) is 5.32 Å². The maximum absolute atomic E-state index is 11.9. The molecular weight excluding hydrogens is 188 g/mol. The third kappa shape index (κ3) is 3.82. The highest BCUT2D eigenvalue weighted by Gasteiger charge is 2.28. The molecule has 0 spiro atoms. The van der Waals surface area contributed by atoms with Crippen LogP contribution in [0.2, 0.25) is 0 Å². The number of rotatable bonds is 6. The predicted molar refractivity (Wildman–Crippen MR) is 64.5 cm³/mol. The molecule has 0 aromatic heterocycles. The molecule has 0 heterocycles. The normalized spacial score (nSPS) is 14.1. The van der Waals surface area contributed by atoms with Crippen molar-refractivity contribution in [3.63, 3.8) is 0 Å². The molecule has 0 aliphatic rings. The molecule has 0 aliphatic carbocycles. The van der Waals surface area contributed by atoms with E-state index in [1.54, 1.807) is 0 Å². The number of hydrogen-bond acceptors (Lipinski definition) is 2. The van der Waals surface area contributed by atoms with Crippen molar-refractivity contribution in [2.24, 2.45) is 17.6 Å². The minimum absolute atomic E-state index is 0.0500. The van der Waals surface area contributed by atoms with Crippen LogP contribution in [-0.2, 0) is 4.79 Å². The van der Waals surface area contributed by atoms with Gasteiger partial charge in [0, 0.05) is 12.5 Å². The third-order valence-electron chi connectivity index (χ3n) is 3.55. The minimum Gasteiger partial charge on any atom is -0.349 e. The van der Waals surface area contributed by atoms with Crippen LogP contribution < -0.4 is 11.1 Å². The van der Waals surface area contributed by atoms with Crippen LogP contribution in [0, 0.1) is 11.8 Å². The van der Waals surface area contributed by atoms with Crippen molar-refractivity contribution in [3.8, 4) is 0 Å². The van der Waals surface area contributed by atoms with E-state index in [9.17, 15) is 4.79 Å². The fourth-order valence-corrected chi connectivity index (χ4v) is 1.44. The van der Waals surface area contributed by atoms with Crippen LogP contribution in [0.5, 0.6) is 0 Å². The molecule has 3 N–H and O–H groups in total. The van der Waals surface area contributed by atoms with Crippen molar-refractivity contribution in [3.05, 3.63) is 0 Å². The SMILES string of the molecule is CCC(CC)(CN)NC(=O)C(C)C(C)C. The van der Waals surface area contributed by atoms with Crippen LogP contribution in [0.25, 0.3) is 0 Å². The first-order valence-electron chi connectivity index (χ1n) is 5.94. The largest absolute Gasteiger partial charge is 0.349 e. The second-order valence-electron chi connectivity index (χ2n) is 4.71. The van der Waals surface area contributed by atoms with Gasteiger partial charge in [-0.3, -0.25) is 4.79 Å². The lowest BCUT2D eigenvalue weighted by atomic mass is 9.90. The fourth-order valence-electron chi connectivity index (χ4n) is 1.44. The van der Waals surface area contributed by atoms with Crippen LogP contribution in [0.15, 0.2) is 0 Å². The molecule has 0 aliphatic heterocycles. The summed E-state index contributed by atoms with van der Waals surface area (Å²) >= 11 is 0. The second-order valence-corrected chi connectivity index (χ2v) is 4.71. The van der Waals surface area contributed by atoms with Crippen LogP contribution in [0.4, 0.5) is 0 Å². The number of nitrogens with one attached hydrogen (secondary N) is 1. The van der Waals surface area contributed by atoms with E-state index in [0.717, 1.165) is 12.8 Å². The summed E-state index contributed by atoms with van der Waals surface area (Å²) in [7, 11) is 0. The lowest BCUT2D eigenvalue weighted by Crippen LogP contribution is -2.54.